The van der Waals surface area contributed by atoms with Gasteiger partial charge in [-0.15, -0.1) is 0 Å². The van der Waals surface area contributed by atoms with Crippen molar-refractivity contribution in [2.45, 2.75) is 148 Å². The quantitative estimate of drug-likeness (QED) is 0.0301. The van der Waals surface area contributed by atoms with Crippen LogP contribution in [0.3, 0.4) is 0 Å². The number of aliphatic hydroxyl groups is 1. The van der Waals surface area contributed by atoms with E-state index in [1.54, 1.807) is 49.6 Å². The topological polar surface area (TPSA) is 274 Å². The summed E-state index contributed by atoms with van der Waals surface area (Å²) in [7, 11) is 1.56. The van der Waals surface area contributed by atoms with Gasteiger partial charge in [0.05, 0.1) is 43.7 Å². The fraction of sp³-hybridized carbons (Fsp3) is 0.492. The van der Waals surface area contributed by atoms with Crippen LogP contribution in [0.4, 0.5) is 15.3 Å². The van der Waals surface area contributed by atoms with Crippen LogP contribution in [-0.2, 0) is 48.2 Å². The van der Waals surface area contributed by atoms with E-state index >= 15 is 0 Å². The number of methoxy groups -OCH3 is 1. The molecule has 0 radical (unpaired) electrons. The number of benzene rings is 3. The lowest BCUT2D eigenvalue weighted by molar-refractivity contribution is -0.137. The molecule has 2 fully saturated rings. The lowest BCUT2D eigenvalue weighted by atomic mass is 9.88. The number of hydrogen-bond acceptors (Lipinski definition) is 14. The molecule has 460 valence electrons. The molecule has 0 bridgehead atoms. The van der Waals surface area contributed by atoms with E-state index in [9.17, 15) is 48.3 Å². The summed E-state index contributed by atoms with van der Waals surface area (Å²) in [6.45, 7) is 15.4. The number of aryl methyl sites for hydroxylation is 2. The maximum atomic E-state index is 14.3. The highest BCUT2D eigenvalue weighted by atomic mass is 16.6. The number of rotatable bonds is 29. The number of nitrogens with zero attached hydrogens (tertiary/aromatic N) is 4. The van der Waals surface area contributed by atoms with Crippen molar-refractivity contribution in [2.75, 3.05) is 51.4 Å². The number of primary amides is 1. The molecule has 8 amide bonds. The molecular weight excluding hydrogens is 1100 g/mol. The van der Waals surface area contributed by atoms with Crippen LogP contribution in [0.1, 0.15) is 140 Å². The maximum absolute atomic E-state index is 14.3. The Hall–Kier alpha value is -8.33. The van der Waals surface area contributed by atoms with Crippen molar-refractivity contribution in [2.24, 2.45) is 17.6 Å². The zero-order valence-electron chi connectivity index (χ0n) is 49.8. The van der Waals surface area contributed by atoms with Crippen molar-refractivity contribution >= 4 is 58.9 Å². The van der Waals surface area contributed by atoms with Crippen LogP contribution in [0.2, 0.25) is 0 Å². The van der Waals surface area contributed by atoms with Crippen LogP contribution in [0, 0.1) is 18.8 Å². The van der Waals surface area contributed by atoms with Gasteiger partial charge in [0, 0.05) is 81.2 Å². The van der Waals surface area contributed by atoms with Crippen molar-refractivity contribution in [1.82, 2.24) is 25.3 Å². The van der Waals surface area contributed by atoms with Gasteiger partial charge in [-0.2, -0.15) is 0 Å². The molecule has 3 aromatic rings. The van der Waals surface area contributed by atoms with Crippen LogP contribution >= 0.6 is 0 Å². The summed E-state index contributed by atoms with van der Waals surface area (Å²) < 4.78 is 24.0. The maximum Gasteiger partial charge on any atom is 0.416 e. The predicted octanol–water partition coefficient (Wildman–Crippen LogP) is 7.36. The van der Waals surface area contributed by atoms with Gasteiger partial charge in [0.2, 0.25) is 5.91 Å². The smallest absolute Gasteiger partial charge is 0.416 e. The number of fused-ring (bicyclic) bond motifs is 4. The number of anilines is 1. The number of carbonyl (C=O) groups is 9. The van der Waals surface area contributed by atoms with Gasteiger partial charge in [0.1, 0.15) is 18.1 Å². The van der Waals surface area contributed by atoms with Gasteiger partial charge in [-0.25, -0.2) is 14.5 Å². The van der Waals surface area contributed by atoms with E-state index in [1.165, 1.54) is 17.1 Å². The monoisotopic (exact) mass is 1180 g/mol. The summed E-state index contributed by atoms with van der Waals surface area (Å²) in [4.78, 5) is 124. The minimum atomic E-state index is -1.49. The van der Waals surface area contributed by atoms with E-state index < -0.39 is 42.3 Å². The number of nitrogens with one attached hydrogen (secondary N) is 2. The minimum absolute atomic E-state index is 0.00512. The van der Waals surface area contributed by atoms with Gasteiger partial charge < -0.3 is 50.2 Å². The fourth-order valence-electron chi connectivity index (χ4n) is 11.9. The van der Waals surface area contributed by atoms with E-state index in [0.717, 1.165) is 52.2 Å². The average molecular weight is 1180 g/mol. The first-order valence-corrected chi connectivity index (χ1v) is 29.9. The lowest BCUT2D eigenvalue weighted by Gasteiger charge is -2.31. The molecule has 2 saturated heterocycles. The molecule has 0 spiro atoms. The second-order valence-corrected chi connectivity index (χ2v) is 23.4. The predicted molar refractivity (Wildman–Crippen MR) is 319 cm³/mol. The van der Waals surface area contributed by atoms with Crippen molar-refractivity contribution < 1.29 is 67.2 Å². The Bertz CT molecular complexity index is 3120. The number of ketones is 2. The molecule has 5 atom stereocenters. The van der Waals surface area contributed by atoms with Gasteiger partial charge in [0.25, 0.3) is 23.6 Å². The van der Waals surface area contributed by atoms with Crippen LogP contribution in [0.25, 0.3) is 0 Å². The zero-order valence-corrected chi connectivity index (χ0v) is 49.8. The molecule has 5 aliphatic heterocycles. The molecule has 21 nitrogen and oxygen atoms in total. The minimum Gasteiger partial charge on any atom is -0.493 e. The Morgan fingerprint density at radius 2 is 1.44 bits per heavy atom. The first kappa shape index (κ1) is 63.7. The number of urea groups is 1. The highest BCUT2D eigenvalue weighted by molar-refractivity contribution is 6.13. The summed E-state index contributed by atoms with van der Waals surface area (Å²) in [6.07, 6.45) is 7.17. The number of unbranched alkanes of at least 4 members (excludes halogenated alkanes) is 4. The highest BCUT2D eigenvalue weighted by Gasteiger charge is 2.46. The van der Waals surface area contributed by atoms with Crippen molar-refractivity contribution in [3.05, 3.63) is 118 Å². The summed E-state index contributed by atoms with van der Waals surface area (Å²) in [5, 5.41) is 17.3. The molecule has 5 N–H and O–H groups in total. The van der Waals surface area contributed by atoms with Crippen molar-refractivity contribution in [1.29, 1.82) is 0 Å². The lowest BCUT2D eigenvalue weighted by Crippen LogP contribution is -2.50. The first-order valence-electron chi connectivity index (χ1n) is 29.9. The summed E-state index contributed by atoms with van der Waals surface area (Å²) in [6, 6.07) is 11.4. The third kappa shape index (κ3) is 15.7. The third-order valence-corrected chi connectivity index (χ3v) is 16.7. The van der Waals surface area contributed by atoms with Crippen LogP contribution in [0.15, 0.2) is 85.0 Å². The second kappa shape index (κ2) is 29.2. The van der Waals surface area contributed by atoms with E-state index in [2.05, 4.69) is 23.8 Å². The Balaban J connectivity index is 0.851. The fourth-order valence-corrected chi connectivity index (χ4v) is 11.9. The number of imide groups is 1. The normalized spacial score (nSPS) is 18.7. The van der Waals surface area contributed by atoms with E-state index in [4.69, 9.17) is 24.7 Å². The van der Waals surface area contributed by atoms with Crippen LogP contribution < -0.4 is 35.5 Å². The number of carbonyl (C=O) groups excluding carboxylic acids is 9. The molecule has 0 aromatic heterocycles. The molecular formula is C65H81N7O14. The number of aliphatic hydroxyl groups excluding tert-OH is 1. The Morgan fingerprint density at radius 1 is 0.779 bits per heavy atom. The molecule has 0 aliphatic carbocycles. The largest absolute Gasteiger partial charge is 0.493 e. The van der Waals surface area contributed by atoms with Gasteiger partial charge >= 0.3 is 12.1 Å². The standard InChI is InChI=1S/C65H81N7O14/c1-39(2)48(33-47(73)14-9-7-10-25-69-58(75)22-23-59(69)76)60(77)68-51(15-13-24-67-64(66)81)54(74)31-43-16-18-44(19-17-43)38-86-65(82)72-52-35-55(42(5)30-50(52)62(79)71-37-41(4)29-53(71)63(72)80)84-26-11-8-12-27-85-57-32-45-20-21-46-28-40(3)36-70(46)61(78)49(45)34-56(57)83-6/h16-19,22-23,30,32,34-35,39,46,48,51,53,63,80H,3-4,7-15,20-21,24-29,31,33,36-38H2,1-2,5-6H3,(H,68,77)(H3,66,67,81)/t46-,48+,51+,53+,63+/m1/s1. The molecule has 86 heavy (non-hydrogen) atoms. The number of hydrogen-bond donors (Lipinski definition) is 4. The number of Topliss-reactive ketones (excluding diaryl/α,β-unsaturated/α-hetero) is 2. The van der Waals surface area contributed by atoms with Crippen LogP contribution in [-0.4, -0.2) is 144 Å². The molecule has 5 aliphatic rings. The van der Waals surface area contributed by atoms with Gasteiger partial charge in [0.15, 0.2) is 23.5 Å². The Morgan fingerprint density at radius 3 is 2.14 bits per heavy atom. The summed E-state index contributed by atoms with van der Waals surface area (Å²) in [5.74, 6) is -1.39. The molecule has 0 unspecified atom stereocenters. The van der Waals surface area contributed by atoms with Crippen molar-refractivity contribution in [3.8, 4) is 17.2 Å². The van der Waals surface area contributed by atoms with Crippen molar-refractivity contribution in [3.63, 3.8) is 0 Å². The van der Waals surface area contributed by atoms with Gasteiger partial charge in [-0.3, -0.25) is 38.5 Å². The Labute approximate surface area is 502 Å². The Kier molecular flexibility index (Phi) is 21.6. The third-order valence-electron chi connectivity index (χ3n) is 16.7. The summed E-state index contributed by atoms with van der Waals surface area (Å²) >= 11 is 0. The van der Waals surface area contributed by atoms with Crippen LogP contribution in [0.5, 0.6) is 17.2 Å². The number of ether oxygens (including phenoxy) is 4. The van der Waals surface area contributed by atoms with Gasteiger partial charge in [-0.1, -0.05) is 68.8 Å². The number of nitrogens with two attached hydrogens (primary N) is 1. The SMILES string of the molecule is C=C1C[C@H]2CCc3cc(OCCCCCOc4cc5c(cc4C)C(=O)N4CC(=C)C[C@H]4[C@H](O)N5C(=O)OCc4ccc(CC(=O)[C@H](CCCNC(N)=O)NC(=O)[C@@H](CC(=O)CCCCCN5C(=O)C=CC5=O)C(C)C)cc4)c(OC)cc3C(=O)N2C1. The average Bonchev–Trinajstić information content (AvgIpc) is 2.13. The molecule has 3 aromatic carbocycles. The van der Waals surface area contributed by atoms with E-state index in [0.29, 0.717) is 97.8 Å². The molecule has 0 saturated carbocycles. The number of amides is 8. The summed E-state index contributed by atoms with van der Waals surface area (Å²) in [5.41, 5.74) is 10.8. The molecule has 21 heteroatoms. The zero-order chi connectivity index (χ0) is 61.8. The van der Waals surface area contributed by atoms with Gasteiger partial charge in [-0.05, 0) is 124 Å². The molecule has 8 rings (SSSR count). The van der Waals surface area contributed by atoms with E-state index in [-0.39, 0.29) is 117 Å². The second-order valence-electron chi connectivity index (χ2n) is 23.4. The first-order chi connectivity index (χ1) is 41.2. The van der Waals surface area contributed by atoms with E-state index in [1.807, 2.05) is 31.7 Å². The highest BCUT2D eigenvalue weighted by Crippen LogP contribution is 2.41. The molecule has 5 heterocycles.